The molecule has 0 radical (unpaired) electrons. The Labute approximate surface area is 365 Å². The van der Waals surface area contributed by atoms with Crippen LogP contribution in [0.3, 0.4) is 0 Å². The second-order valence-electron chi connectivity index (χ2n) is 15.6. The van der Waals surface area contributed by atoms with Crippen LogP contribution in [-0.4, -0.2) is 45.1 Å². The van der Waals surface area contributed by atoms with E-state index < -0.39 is 9.84 Å². The lowest BCUT2D eigenvalue weighted by atomic mass is 9.94. The smallest absolute Gasteiger partial charge is 0.206 e. The first-order valence-electron chi connectivity index (χ1n) is 20.9. The molecule has 6 nitrogen and oxygen atoms in total. The molecule has 10 aromatic carbocycles. The van der Waals surface area contributed by atoms with Crippen LogP contribution in [0.1, 0.15) is 0 Å². The van der Waals surface area contributed by atoms with Crippen LogP contribution in [0.2, 0.25) is 0 Å². The number of ether oxygens (including phenoxy) is 2. The van der Waals surface area contributed by atoms with Crippen LogP contribution in [0.5, 0.6) is 11.5 Å². The normalized spacial score (nSPS) is 11.7. The van der Waals surface area contributed by atoms with Crippen LogP contribution in [0, 0.1) is 0 Å². The number of sulfone groups is 1. The lowest BCUT2D eigenvalue weighted by molar-refractivity contribution is 0.202. The third-order valence-electron chi connectivity index (χ3n) is 11.7. The summed E-state index contributed by atoms with van der Waals surface area (Å²) in [5.41, 5.74) is 5.36. The molecule has 0 atom stereocenters. The molecule has 0 aliphatic carbocycles. The maximum absolute atomic E-state index is 15.7. The number of hydrogen-bond acceptors (Lipinski definition) is 6. The molecule has 10 aromatic rings. The Morgan fingerprint density at radius 1 is 0.333 bits per heavy atom. The molecule has 0 fully saturated rings. The largest absolute Gasteiger partial charge is 0.490 e. The fraction of sp³-hybridized carbons (Fsp3) is 0.0714. The first-order chi connectivity index (χ1) is 30.9. The van der Waals surface area contributed by atoms with Crippen molar-refractivity contribution < 1.29 is 28.1 Å². The van der Waals surface area contributed by atoms with E-state index in [1.54, 1.807) is 24.3 Å². The molecule has 0 saturated carbocycles. The molecule has 0 saturated heterocycles. The Morgan fingerprint density at radius 3 is 0.841 bits per heavy atom. The van der Waals surface area contributed by atoms with Gasteiger partial charge in [-0.1, -0.05) is 146 Å². The Bertz CT molecular complexity index is 3040. The molecule has 0 bridgehead atoms. The van der Waals surface area contributed by atoms with Crippen molar-refractivity contribution in [2.24, 2.45) is 0 Å². The molecule has 63 heavy (non-hydrogen) atoms. The van der Waals surface area contributed by atoms with Gasteiger partial charge in [0.1, 0.15) is 24.7 Å². The standard InChI is InChI=1S/C56H42O6S/c57-25-27-61-55-51(45-21-17-37-9-1-5-13-41(37)29-45)33-49(34-52(55)46-22-18-38-10-2-6-14-42(38)30-46)63(59,60)50-35-53(47-23-19-39-11-3-7-15-43(39)31-47)56(62-28-26-58)54(36-50)48-24-20-40-12-4-8-16-44(40)32-48/h1-24,29-36,57-58H,25-28H2. The Kier molecular flexibility index (Phi) is 10.7. The van der Waals surface area contributed by atoms with E-state index >= 15 is 8.42 Å². The van der Waals surface area contributed by atoms with Crippen molar-refractivity contribution in [3.05, 3.63) is 194 Å². The van der Waals surface area contributed by atoms with Crippen LogP contribution in [0.15, 0.2) is 204 Å². The average Bonchev–Trinajstić information content (AvgIpc) is 3.33. The molecule has 0 aromatic heterocycles. The highest BCUT2D eigenvalue weighted by molar-refractivity contribution is 7.91. The number of aliphatic hydroxyl groups is 2. The van der Waals surface area contributed by atoms with E-state index in [0.717, 1.165) is 65.3 Å². The van der Waals surface area contributed by atoms with Crippen molar-refractivity contribution >= 4 is 52.9 Å². The van der Waals surface area contributed by atoms with Crippen molar-refractivity contribution in [1.82, 2.24) is 0 Å². The van der Waals surface area contributed by atoms with Crippen LogP contribution in [-0.2, 0) is 9.84 Å². The third-order valence-corrected chi connectivity index (χ3v) is 13.4. The SMILES string of the molecule is O=S(=O)(c1cc(-c2ccc3ccccc3c2)c(OCCO)c(-c2ccc3ccccc3c2)c1)c1cc(-c2ccc3ccccc3c2)c(OCCO)c(-c2ccc3ccccc3c2)c1. The zero-order valence-corrected chi connectivity index (χ0v) is 35.1. The molecule has 308 valence electrons. The lowest BCUT2D eigenvalue weighted by Crippen LogP contribution is -2.09. The molecule has 0 aliphatic heterocycles. The minimum absolute atomic E-state index is 0.00674. The van der Waals surface area contributed by atoms with E-state index in [4.69, 9.17) is 9.47 Å². The van der Waals surface area contributed by atoms with Crippen molar-refractivity contribution in [1.29, 1.82) is 0 Å². The van der Waals surface area contributed by atoms with E-state index in [2.05, 4.69) is 0 Å². The first-order valence-corrected chi connectivity index (χ1v) is 22.4. The second kappa shape index (κ2) is 16.9. The summed E-state index contributed by atoms with van der Waals surface area (Å²) in [7, 11) is -4.32. The topological polar surface area (TPSA) is 93.1 Å². The summed E-state index contributed by atoms with van der Waals surface area (Å²) >= 11 is 0. The van der Waals surface area contributed by atoms with Crippen LogP contribution in [0.25, 0.3) is 87.6 Å². The number of aliphatic hydroxyl groups excluding tert-OH is 2. The predicted molar refractivity (Wildman–Crippen MR) is 255 cm³/mol. The first kappa shape index (κ1) is 39.8. The number of fused-ring (bicyclic) bond motifs is 4. The lowest BCUT2D eigenvalue weighted by Gasteiger charge is -2.21. The van der Waals surface area contributed by atoms with Crippen LogP contribution < -0.4 is 9.47 Å². The van der Waals surface area contributed by atoms with Gasteiger partial charge in [-0.25, -0.2) is 8.42 Å². The predicted octanol–water partition coefficient (Wildman–Crippen LogP) is 12.5. The van der Waals surface area contributed by atoms with Gasteiger partial charge in [0.25, 0.3) is 0 Å². The van der Waals surface area contributed by atoms with Gasteiger partial charge < -0.3 is 19.7 Å². The number of rotatable bonds is 12. The molecular weight excluding hydrogens is 801 g/mol. The van der Waals surface area contributed by atoms with Gasteiger partial charge in [-0.2, -0.15) is 0 Å². The Hall–Kier alpha value is -7.29. The van der Waals surface area contributed by atoms with Gasteiger partial charge in [-0.05, 0) is 114 Å². The summed E-state index contributed by atoms with van der Waals surface area (Å²) in [6, 6.07) is 63.1. The quantitative estimate of drug-likeness (QED) is 0.127. The summed E-state index contributed by atoms with van der Waals surface area (Å²) in [5.74, 6) is 0.935. The number of benzene rings is 10. The molecule has 7 heteroatoms. The zero-order valence-electron chi connectivity index (χ0n) is 34.2. The number of hydrogen-bond donors (Lipinski definition) is 2. The van der Waals surface area contributed by atoms with Crippen molar-refractivity contribution in [3.63, 3.8) is 0 Å². The fourth-order valence-corrected chi connectivity index (χ4v) is 9.91. The van der Waals surface area contributed by atoms with Gasteiger partial charge in [0, 0.05) is 22.3 Å². The summed E-state index contributed by atoms with van der Waals surface area (Å²) in [5, 5.41) is 28.2. The minimum Gasteiger partial charge on any atom is -0.490 e. The van der Waals surface area contributed by atoms with Gasteiger partial charge in [0.05, 0.1) is 23.0 Å². The average molecular weight is 843 g/mol. The third kappa shape index (κ3) is 7.68. The van der Waals surface area contributed by atoms with Crippen molar-refractivity contribution in [3.8, 4) is 56.0 Å². The van der Waals surface area contributed by atoms with Gasteiger partial charge in [0.15, 0.2) is 0 Å². The van der Waals surface area contributed by atoms with E-state index in [9.17, 15) is 10.2 Å². The highest BCUT2D eigenvalue weighted by atomic mass is 32.2. The molecule has 0 aliphatic rings. The minimum atomic E-state index is -4.32. The zero-order chi connectivity index (χ0) is 42.9. The summed E-state index contributed by atoms with van der Waals surface area (Å²) in [6.45, 7) is -0.443. The van der Waals surface area contributed by atoms with E-state index in [0.29, 0.717) is 33.8 Å². The fourth-order valence-electron chi connectivity index (χ4n) is 8.54. The van der Waals surface area contributed by atoms with E-state index in [1.165, 1.54) is 0 Å². The Balaban J connectivity index is 1.25. The molecule has 0 spiro atoms. The van der Waals surface area contributed by atoms with Gasteiger partial charge in [-0.3, -0.25) is 0 Å². The molecule has 0 heterocycles. The summed E-state index contributed by atoms with van der Waals surface area (Å²) in [4.78, 5) is 0.145. The molecule has 10 rings (SSSR count). The maximum Gasteiger partial charge on any atom is 0.206 e. The van der Waals surface area contributed by atoms with Crippen molar-refractivity contribution in [2.75, 3.05) is 26.4 Å². The highest BCUT2D eigenvalue weighted by Gasteiger charge is 2.28. The molecule has 0 unspecified atom stereocenters. The van der Waals surface area contributed by atoms with Gasteiger partial charge in [-0.15, -0.1) is 0 Å². The summed E-state index contributed by atoms with van der Waals surface area (Å²) < 4.78 is 44.3. The summed E-state index contributed by atoms with van der Waals surface area (Å²) in [6.07, 6.45) is 0. The Morgan fingerprint density at radius 2 is 0.587 bits per heavy atom. The maximum atomic E-state index is 15.7. The van der Waals surface area contributed by atoms with Crippen molar-refractivity contribution in [2.45, 2.75) is 9.79 Å². The highest BCUT2D eigenvalue weighted by Crippen LogP contribution is 2.47. The second-order valence-corrected chi connectivity index (χ2v) is 17.5. The molecule has 2 N–H and O–H groups in total. The van der Waals surface area contributed by atoms with Gasteiger partial charge in [0.2, 0.25) is 9.84 Å². The molecular formula is C56H42O6S. The molecule has 0 amide bonds. The van der Waals surface area contributed by atoms with Gasteiger partial charge >= 0.3 is 0 Å². The van der Waals surface area contributed by atoms with Crippen LogP contribution >= 0.6 is 0 Å². The van der Waals surface area contributed by atoms with E-state index in [-0.39, 0.29) is 36.2 Å². The monoisotopic (exact) mass is 842 g/mol. The van der Waals surface area contributed by atoms with Crippen LogP contribution in [0.4, 0.5) is 0 Å². The van der Waals surface area contributed by atoms with E-state index in [1.807, 2.05) is 170 Å².